The number of rotatable bonds is 2. The van der Waals surface area contributed by atoms with Gasteiger partial charge in [0.05, 0.1) is 11.5 Å². The van der Waals surface area contributed by atoms with Gasteiger partial charge >= 0.3 is 5.97 Å². The predicted molar refractivity (Wildman–Crippen MR) is 47.3 cm³/mol. The maximum Gasteiger partial charge on any atom is 0.320 e. The van der Waals surface area contributed by atoms with Gasteiger partial charge in [-0.1, -0.05) is 0 Å². The number of carboxylic acids is 1. The summed E-state index contributed by atoms with van der Waals surface area (Å²) in [5, 5.41) is 8.67. The number of nitrogens with zero attached hydrogens (tertiary/aromatic N) is 1. The monoisotopic (exact) mass is 207 g/mol. The second-order valence-corrected chi connectivity index (χ2v) is 5.51. The van der Waals surface area contributed by atoms with E-state index in [0.717, 1.165) is 0 Å². The average molecular weight is 207 g/mol. The Bertz CT molecular complexity index is 284. The molecule has 0 amide bonds. The van der Waals surface area contributed by atoms with Crippen LogP contribution in [0.4, 0.5) is 0 Å². The highest BCUT2D eigenvalue weighted by Gasteiger charge is 2.27. The molecule has 1 aliphatic rings. The van der Waals surface area contributed by atoms with Crippen LogP contribution in [0.2, 0.25) is 0 Å². The lowest BCUT2D eigenvalue weighted by molar-refractivity contribution is -0.142. The molecule has 1 rings (SSSR count). The third kappa shape index (κ3) is 2.67. The quantitative estimate of drug-likeness (QED) is 0.641. The fraction of sp³-hybridized carbons (Fsp3) is 0.857. The van der Waals surface area contributed by atoms with E-state index in [-0.39, 0.29) is 11.5 Å². The summed E-state index contributed by atoms with van der Waals surface area (Å²) in [5.74, 6) is -0.755. The molecule has 1 aliphatic heterocycles. The molecule has 1 saturated heterocycles. The highest BCUT2D eigenvalue weighted by Crippen LogP contribution is 2.07. The van der Waals surface area contributed by atoms with Gasteiger partial charge in [-0.25, -0.2) is 8.42 Å². The minimum Gasteiger partial charge on any atom is -0.480 e. The summed E-state index contributed by atoms with van der Waals surface area (Å²) < 4.78 is 22.0. The Balaban J connectivity index is 2.55. The average Bonchev–Trinajstić information content (AvgIpc) is 2.03. The maximum atomic E-state index is 11.0. The number of carboxylic acid groups (broad SMARTS) is 1. The first-order chi connectivity index (χ1) is 5.92. The molecule has 1 atom stereocenters. The zero-order valence-electron chi connectivity index (χ0n) is 7.43. The molecule has 0 aromatic rings. The van der Waals surface area contributed by atoms with Gasteiger partial charge in [-0.3, -0.25) is 9.69 Å². The van der Waals surface area contributed by atoms with Crippen LogP contribution in [0.1, 0.15) is 6.92 Å². The van der Waals surface area contributed by atoms with E-state index >= 15 is 0 Å². The Hall–Kier alpha value is -0.620. The Morgan fingerprint density at radius 3 is 2.23 bits per heavy atom. The van der Waals surface area contributed by atoms with Crippen LogP contribution in [0.25, 0.3) is 0 Å². The van der Waals surface area contributed by atoms with Crippen LogP contribution in [0, 0.1) is 0 Å². The van der Waals surface area contributed by atoms with Crippen molar-refractivity contribution in [2.45, 2.75) is 13.0 Å². The van der Waals surface area contributed by atoms with Crippen molar-refractivity contribution in [1.82, 2.24) is 4.90 Å². The van der Waals surface area contributed by atoms with Crippen molar-refractivity contribution in [3.63, 3.8) is 0 Å². The summed E-state index contributed by atoms with van der Waals surface area (Å²) in [6.45, 7) is 2.23. The molecule has 6 heteroatoms. The number of hydrogen-bond acceptors (Lipinski definition) is 4. The number of sulfone groups is 1. The van der Waals surface area contributed by atoms with Crippen molar-refractivity contribution in [2.75, 3.05) is 24.6 Å². The Morgan fingerprint density at radius 2 is 1.85 bits per heavy atom. The Kier molecular flexibility index (Phi) is 2.92. The van der Waals surface area contributed by atoms with Crippen molar-refractivity contribution in [3.8, 4) is 0 Å². The molecule has 5 nitrogen and oxygen atoms in total. The van der Waals surface area contributed by atoms with Crippen LogP contribution >= 0.6 is 0 Å². The third-order valence-electron chi connectivity index (χ3n) is 2.28. The minimum absolute atomic E-state index is 0.0740. The second-order valence-electron chi connectivity index (χ2n) is 3.20. The SMILES string of the molecule is CC(C(=O)O)N1CCS(=O)(=O)CC1. The van der Waals surface area contributed by atoms with Crippen molar-refractivity contribution >= 4 is 15.8 Å². The fourth-order valence-electron chi connectivity index (χ4n) is 1.27. The van der Waals surface area contributed by atoms with Crippen LogP contribution in [0.15, 0.2) is 0 Å². The molecule has 13 heavy (non-hydrogen) atoms. The summed E-state index contributed by atoms with van der Waals surface area (Å²) in [6, 6.07) is -0.588. The van der Waals surface area contributed by atoms with Gasteiger partial charge in [-0.15, -0.1) is 0 Å². The molecule has 0 aliphatic carbocycles. The minimum atomic E-state index is -2.91. The summed E-state index contributed by atoms with van der Waals surface area (Å²) >= 11 is 0. The van der Waals surface area contributed by atoms with Gasteiger partial charge in [0, 0.05) is 13.1 Å². The molecule has 76 valence electrons. The molecule has 1 unspecified atom stereocenters. The standard InChI is InChI=1S/C7H13NO4S/c1-6(7(9)10)8-2-4-13(11,12)5-3-8/h6H,2-5H2,1H3,(H,9,10). The first-order valence-corrected chi connectivity index (χ1v) is 5.92. The Labute approximate surface area is 77.3 Å². The van der Waals surface area contributed by atoms with Crippen LogP contribution in [0.3, 0.4) is 0 Å². The third-order valence-corrected chi connectivity index (χ3v) is 3.89. The van der Waals surface area contributed by atoms with E-state index in [1.165, 1.54) is 0 Å². The molecular weight excluding hydrogens is 194 g/mol. The smallest absolute Gasteiger partial charge is 0.320 e. The normalized spacial score (nSPS) is 25.3. The van der Waals surface area contributed by atoms with Crippen molar-refractivity contribution in [2.24, 2.45) is 0 Å². The maximum absolute atomic E-state index is 11.0. The molecule has 1 N–H and O–H groups in total. The van der Waals surface area contributed by atoms with Crippen LogP contribution in [-0.4, -0.2) is 55.0 Å². The van der Waals surface area contributed by atoms with Crippen LogP contribution in [-0.2, 0) is 14.6 Å². The van der Waals surface area contributed by atoms with Gasteiger partial charge in [-0.05, 0) is 6.92 Å². The largest absolute Gasteiger partial charge is 0.480 e. The lowest BCUT2D eigenvalue weighted by Gasteiger charge is -2.29. The van der Waals surface area contributed by atoms with E-state index in [1.54, 1.807) is 11.8 Å². The lowest BCUT2D eigenvalue weighted by atomic mass is 10.3. The molecule has 0 radical (unpaired) electrons. The fourth-order valence-corrected chi connectivity index (χ4v) is 2.50. The Morgan fingerprint density at radius 1 is 1.38 bits per heavy atom. The molecular formula is C7H13NO4S. The molecule has 0 bridgehead atoms. The van der Waals surface area contributed by atoms with E-state index in [0.29, 0.717) is 13.1 Å². The highest BCUT2D eigenvalue weighted by atomic mass is 32.2. The van der Waals surface area contributed by atoms with E-state index in [9.17, 15) is 13.2 Å². The van der Waals surface area contributed by atoms with Gasteiger partial charge in [0.25, 0.3) is 0 Å². The molecule has 0 aromatic heterocycles. The van der Waals surface area contributed by atoms with Crippen molar-refractivity contribution in [1.29, 1.82) is 0 Å². The highest BCUT2D eigenvalue weighted by molar-refractivity contribution is 7.91. The van der Waals surface area contributed by atoms with E-state index < -0.39 is 21.8 Å². The second kappa shape index (κ2) is 3.63. The molecule has 0 spiro atoms. The first kappa shape index (κ1) is 10.5. The van der Waals surface area contributed by atoms with E-state index in [4.69, 9.17) is 5.11 Å². The number of hydrogen-bond donors (Lipinski definition) is 1. The van der Waals surface area contributed by atoms with Gasteiger partial charge < -0.3 is 5.11 Å². The number of aliphatic carboxylic acids is 1. The van der Waals surface area contributed by atoms with Gasteiger partial charge in [-0.2, -0.15) is 0 Å². The van der Waals surface area contributed by atoms with Crippen LogP contribution < -0.4 is 0 Å². The topological polar surface area (TPSA) is 74.7 Å². The summed E-state index contributed by atoms with van der Waals surface area (Å²) in [6.07, 6.45) is 0. The molecule has 1 heterocycles. The van der Waals surface area contributed by atoms with Crippen molar-refractivity contribution < 1.29 is 18.3 Å². The van der Waals surface area contributed by atoms with Crippen molar-refractivity contribution in [3.05, 3.63) is 0 Å². The molecule has 1 fully saturated rings. The zero-order chi connectivity index (χ0) is 10.1. The molecule has 0 aromatic carbocycles. The predicted octanol–water partition coefficient (Wildman–Crippen LogP) is -0.810. The van der Waals surface area contributed by atoms with E-state index in [2.05, 4.69) is 0 Å². The molecule has 0 saturated carbocycles. The number of carbonyl (C=O) groups is 1. The zero-order valence-corrected chi connectivity index (χ0v) is 8.25. The lowest BCUT2D eigenvalue weighted by Crippen LogP contribution is -2.47. The summed E-state index contributed by atoms with van der Waals surface area (Å²) in [5.41, 5.74) is 0. The summed E-state index contributed by atoms with van der Waals surface area (Å²) in [4.78, 5) is 12.2. The van der Waals surface area contributed by atoms with Gasteiger partial charge in [0.15, 0.2) is 9.84 Å². The van der Waals surface area contributed by atoms with Gasteiger partial charge in [0.2, 0.25) is 0 Å². The van der Waals surface area contributed by atoms with Gasteiger partial charge in [0.1, 0.15) is 6.04 Å². The van der Waals surface area contributed by atoms with E-state index in [1.807, 2.05) is 0 Å². The van der Waals surface area contributed by atoms with Crippen LogP contribution in [0.5, 0.6) is 0 Å². The summed E-state index contributed by atoms with van der Waals surface area (Å²) in [7, 11) is -2.91. The first-order valence-electron chi connectivity index (χ1n) is 4.10.